The maximum atomic E-state index is 15.0. The highest BCUT2D eigenvalue weighted by Gasteiger charge is 2.40. The third-order valence-corrected chi connectivity index (χ3v) is 6.86. The highest BCUT2D eigenvalue weighted by Crippen LogP contribution is 2.35. The lowest BCUT2D eigenvalue weighted by atomic mass is 9.87. The van der Waals surface area contributed by atoms with E-state index < -0.39 is 23.7 Å². The van der Waals surface area contributed by atoms with E-state index in [1.807, 2.05) is 0 Å². The van der Waals surface area contributed by atoms with Gasteiger partial charge in [-0.3, -0.25) is 24.6 Å². The van der Waals surface area contributed by atoms with Crippen molar-refractivity contribution >= 4 is 17.7 Å². The van der Waals surface area contributed by atoms with Gasteiger partial charge in [-0.05, 0) is 67.1 Å². The number of rotatable bonds is 4. The fraction of sp³-hybridized carbons (Fsp3) is 0.417. The van der Waals surface area contributed by atoms with Crippen LogP contribution in [0.2, 0.25) is 0 Å². The van der Waals surface area contributed by atoms with Crippen molar-refractivity contribution in [3.8, 4) is 0 Å². The molecule has 1 N–H and O–H groups in total. The molecule has 1 atom stereocenters. The molecule has 3 aliphatic heterocycles. The van der Waals surface area contributed by atoms with E-state index in [0.29, 0.717) is 17.7 Å². The Labute approximate surface area is 189 Å². The molecule has 0 aliphatic carbocycles. The van der Waals surface area contributed by atoms with Gasteiger partial charge in [-0.25, -0.2) is 9.37 Å². The van der Waals surface area contributed by atoms with Gasteiger partial charge in [0.05, 0.1) is 0 Å². The molecule has 7 nitrogen and oxygen atoms in total. The number of carbonyl (C=O) groups is 3. The maximum Gasteiger partial charge on any atom is 0.255 e. The van der Waals surface area contributed by atoms with Crippen molar-refractivity contribution in [2.24, 2.45) is 0 Å². The zero-order chi connectivity index (χ0) is 23.1. The third kappa shape index (κ3) is 4.25. The first kappa shape index (κ1) is 21.6. The number of hydrogen-bond donors (Lipinski definition) is 1. The van der Waals surface area contributed by atoms with Crippen LogP contribution in [0.1, 0.15) is 58.6 Å². The maximum absolute atomic E-state index is 15.0. The van der Waals surface area contributed by atoms with Crippen LogP contribution in [0.5, 0.6) is 0 Å². The molecule has 1 aromatic heterocycles. The van der Waals surface area contributed by atoms with Crippen molar-refractivity contribution in [1.29, 1.82) is 0 Å². The second-order valence-corrected chi connectivity index (χ2v) is 8.97. The van der Waals surface area contributed by atoms with E-state index in [1.54, 1.807) is 12.1 Å². The molecule has 4 heterocycles. The molecule has 9 heteroatoms. The van der Waals surface area contributed by atoms with E-state index in [0.717, 1.165) is 37.1 Å². The van der Waals surface area contributed by atoms with Gasteiger partial charge in [-0.15, -0.1) is 0 Å². The monoisotopic (exact) mass is 454 g/mol. The molecule has 2 fully saturated rings. The summed E-state index contributed by atoms with van der Waals surface area (Å²) >= 11 is 0. The van der Waals surface area contributed by atoms with Crippen molar-refractivity contribution in [3.05, 3.63) is 64.5 Å². The van der Waals surface area contributed by atoms with Crippen LogP contribution < -0.4 is 5.32 Å². The van der Waals surface area contributed by atoms with Gasteiger partial charge in [0.15, 0.2) is 0 Å². The van der Waals surface area contributed by atoms with Crippen LogP contribution in [0.3, 0.4) is 0 Å². The molecular weight excluding hydrogens is 430 g/mol. The number of fused-ring (bicyclic) bond motifs is 1. The molecule has 2 aromatic rings. The van der Waals surface area contributed by atoms with E-state index in [4.69, 9.17) is 0 Å². The quantitative estimate of drug-likeness (QED) is 0.567. The topological polar surface area (TPSA) is 82.6 Å². The predicted octanol–water partition coefficient (Wildman–Crippen LogP) is 2.50. The molecule has 0 bridgehead atoms. The summed E-state index contributed by atoms with van der Waals surface area (Å²) in [5.41, 5.74) is 2.56. The molecule has 3 amide bonds. The first-order valence-electron chi connectivity index (χ1n) is 11.2. The average molecular weight is 454 g/mol. The number of aromatic nitrogens is 1. The lowest BCUT2D eigenvalue weighted by Crippen LogP contribution is -2.52. The van der Waals surface area contributed by atoms with E-state index in [2.05, 4.69) is 15.2 Å². The number of imide groups is 1. The van der Waals surface area contributed by atoms with Crippen LogP contribution in [-0.4, -0.2) is 51.6 Å². The van der Waals surface area contributed by atoms with Crippen molar-refractivity contribution < 1.29 is 23.2 Å². The molecular formula is C24H24F2N4O3. The molecule has 2 saturated heterocycles. The number of nitrogens with one attached hydrogen (secondary N) is 1. The Kier molecular flexibility index (Phi) is 5.65. The Hall–Kier alpha value is -3.20. The molecule has 172 valence electrons. The third-order valence-electron chi connectivity index (χ3n) is 6.86. The predicted molar refractivity (Wildman–Crippen MR) is 114 cm³/mol. The van der Waals surface area contributed by atoms with Gasteiger partial charge >= 0.3 is 0 Å². The standard InChI is InChI=1S/C24H24F2N4O3/c25-19-10-18-16(13-30(24(18)33)20-2-4-22(31)28-23(20)32)9-17(19)15-5-7-29(8-6-15)12-14-1-3-21(26)27-11-14/h1,3,9-11,15,20H,2,4-8,12-13H2,(H,28,31,32). The second-order valence-electron chi connectivity index (χ2n) is 8.97. The van der Waals surface area contributed by atoms with Crippen molar-refractivity contribution in [2.75, 3.05) is 13.1 Å². The number of pyridine rings is 1. The fourth-order valence-electron chi connectivity index (χ4n) is 5.08. The molecule has 5 rings (SSSR count). The number of nitrogens with zero attached hydrogens (tertiary/aromatic N) is 3. The van der Waals surface area contributed by atoms with Gasteiger partial charge in [0, 0.05) is 31.3 Å². The minimum Gasteiger partial charge on any atom is -0.322 e. The first-order chi connectivity index (χ1) is 15.9. The average Bonchev–Trinajstić information content (AvgIpc) is 3.11. The Morgan fingerprint density at radius 1 is 1.06 bits per heavy atom. The zero-order valence-corrected chi connectivity index (χ0v) is 18.0. The summed E-state index contributed by atoms with van der Waals surface area (Å²) in [4.78, 5) is 43.9. The van der Waals surface area contributed by atoms with Crippen molar-refractivity contribution in [3.63, 3.8) is 0 Å². The fourth-order valence-corrected chi connectivity index (χ4v) is 5.08. The number of likely N-dealkylation sites (tertiary alicyclic amines) is 1. The highest BCUT2D eigenvalue weighted by molar-refractivity contribution is 6.05. The first-order valence-corrected chi connectivity index (χ1v) is 11.2. The Morgan fingerprint density at radius 2 is 1.85 bits per heavy atom. The normalized spacial score (nSPS) is 21.9. The summed E-state index contributed by atoms with van der Waals surface area (Å²) in [6.45, 7) is 2.46. The molecule has 3 aliphatic rings. The van der Waals surface area contributed by atoms with E-state index in [1.165, 1.54) is 23.2 Å². The number of piperidine rings is 2. The summed E-state index contributed by atoms with van der Waals surface area (Å²) in [5.74, 6) is -2.04. The van der Waals surface area contributed by atoms with Gasteiger partial charge in [0.2, 0.25) is 17.8 Å². The van der Waals surface area contributed by atoms with E-state index in [-0.39, 0.29) is 37.1 Å². The number of benzene rings is 1. The van der Waals surface area contributed by atoms with Gasteiger partial charge in [-0.1, -0.05) is 12.1 Å². The summed E-state index contributed by atoms with van der Waals surface area (Å²) < 4.78 is 28.0. The van der Waals surface area contributed by atoms with Crippen LogP contribution in [0, 0.1) is 11.8 Å². The molecule has 1 unspecified atom stereocenters. The lowest BCUT2D eigenvalue weighted by molar-refractivity contribution is -0.136. The number of carbonyl (C=O) groups excluding carboxylic acids is 3. The van der Waals surface area contributed by atoms with Crippen LogP contribution in [0.4, 0.5) is 8.78 Å². The van der Waals surface area contributed by atoms with E-state index in [9.17, 15) is 18.8 Å². The minimum atomic E-state index is -0.710. The molecule has 0 spiro atoms. The molecule has 1 aromatic carbocycles. The minimum absolute atomic E-state index is 0.0395. The van der Waals surface area contributed by atoms with E-state index >= 15 is 4.39 Å². The number of amides is 3. The van der Waals surface area contributed by atoms with Crippen LogP contribution in [-0.2, 0) is 22.7 Å². The largest absolute Gasteiger partial charge is 0.322 e. The summed E-state index contributed by atoms with van der Waals surface area (Å²) in [5, 5.41) is 2.28. The summed E-state index contributed by atoms with van der Waals surface area (Å²) in [6.07, 6.45) is 3.54. The zero-order valence-electron chi connectivity index (χ0n) is 18.0. The van der Waals surface area contributed by atoms with Gasteiger partial charge in [0.25, 0.3) is 5.91 Å². The molecule has 0 radical (unpaired) electrons. The van der Waals surface area contributed by atoms with Gasteiger partial charge in [-0.2, -0.15) is 4.39 Å². The van der Waals surface area contributed by atoms with Crippen LogP contribution in [0.15, 0.2) is 30.5 Å². The van der Waals surface area contributed by atoms with Gasteiger partial charge in [0.1, 0.15) is 11.9 Å². The molecule has 0 saturated carbocycles. The SMILES string of the molecule is O=C1CCC(N2Cc3cc(C4CCN(Cc5ccc(F)nc5)CC4)c(F)cc3C2=O)C(=O)N1. The Morgan fingerprint density at radius 3 is 2.55 bits per heavy atom. The van der Waals surface area contributed by atoms with Crippen molar-refractivity contribution in [1.82, 2.24) is 20.1 Å². The highest BCUT2D eigenvalue weighted by atomic mass is 19.1. The molecule has 33 heavy (non-hydrogen) atoms. The second kappa shape index (κ2) is 8.62. The van der Waals surface area contributed by atoms with Crippen LogP contribution in [0.25, 0.3) is 0 Å². The Balaban J connectivity index is 1.26. The van der Waals surface area contributed by atoms with Gasteiger partial charge < -0.3 is 4.90 Å². The van der Waals surface area contributed by atoms with Crippen molar-refractivity contribution in [2.45, 2.75) is 50.7 Å². The smallest absolute Gasteiger partial charge is 0.255 e. The Bertz CT molecular complexity index is 1110. The number of hydrogen-bond acceptors (Lipinski definition) is 5. The summed E-state index contributed by atoms with van der Waals surface area (Å²) in [6, 6.07) is 5.44. The summed E-state index contributed by atoms with van der Waals surface area (Å²) in [7, 11) is 0. The lowest BCUT2D eigenvalue weighted by Gasteiger charge is -2.32. The van der Waals surface area contributed by atoms with Crippen LogP contribution >= 0.6 is 0 Å². The number of halogens is 2.